The summed E-state index contributed by atoms with van der Waals surface area (Å²) in [5.41, 5.74) is 3.42. The molecule has 0 spiro atoms. The summed E-state index contributed by atoms with van der Waals surface area (Å²) < 4.78 is 1.65. The number of nitrogens with one attached hydrogen (secondary N) is 2. The summed E-state index contributed by atoms with van der Waals surface area (Å²) in [5.74, 6) is 0.500. The van der Waals surface area contributed by atoms with Gasteiger partial charge in [-0.25, -0.2) is 4.98 Å². The number of aromatic nitrogens is 3. The first-order chi connectivity index (χ1) is 17.5. The van der Waals surface area contributed by atoms with Crippen LogP contribution in [0.2, 0.25) is 5.02 Å². The summed E-state index contributed by atoms with van der Waals surface area (Å²) in [5, 5.41) is 11.4. The van der Waals surface area contributed by atoms with E-state index in [2.05, 4.69) is 27.9 Å². The Morgan fingerprint density at radius 1 is 1.14 bits per heavy atom. The van der Waals surface area contributed by atoms with Crippen molar-refractivity contribution in [2.24, 2.45) is 0 Å². The van der Waals surface area contributed by atoms with E-state index >= 15 is 0 Å². The van der Waals surface area contributed by atoms with Gasteiger partial charge in [0.15, 0.2) is 5.65 Å². The Morgan fingerprint density at radius 3 is 2.64 bits per heavy atom. The number of benzene rings is 2. The second kappa shape index (κ2) is 10.4. The third kappa shape index (κ3) is 5.04. The molecule has 0 aliphatic carbocycles. The molecule has 2 amide bonds. The Morgan fingerprint density at radius 2 is 1.92 bits per heavy atom. The topological polar surface area (TPSA) is 91.6 Å². The molecule has 184 valence electrons. The molecule has 0 bridgehead atoms. The first kappa shape index (κ1) is 23.8. The quantitative estimate of drug-likeness (QED) is 0.366. The van der Waals surface area contributed by atoms with Gasteiger partial charge in [0.2, 0.25) is 5.91 Å². The van der Waals surface area contributed by atoms with Crippen LogP contribution in [-0.2, 0) is 11.2 Å². The van der Waals surface area contributed by atoms with Crippen LogP contribution >= 0.6 is 11.6 Å². The highest BCUT2D eigenvalue weighted by atomic mass is 35.5. The molecule has 1 saturated heterocycles. The van der Waals surface area contributed by atoms with Crippen molar-refractivity contribution in [3.05, 3.63) is 88.7 Å². The highest BCUT2D eigenvalue weighted by Crippen LogP contribution is 2.30. The molecule has 4 aromatic rings. The summed E-state index contributed by atoms with van der Waals surface area (Å²) in [6.45, 7) is 3.94. The van der Waals surface area contributed by atoms with Crippen molar-refractivity contribution in [1.29, 1.82) is 0 Å². The molecule has 1 aliphatic heterocycles. The van der Waals surface area contributed by atoms with E-state index in [0.717, 1.165) is 17.9 Å². The molecule has 9 heteroatoms. The minimum atomic E-state index is -0.315. The molecular weight excluding hydrogens is 476 g/mol. The second-order valence-corrected chi connectivity index (χ2v) is 9.25. The Bertz CT molecular complexity index is 1390. The van der Waals surface area contributed by atoms with Crippen LogP contribution in [0.1, 0.15) is 40.9 Å². The van der Waals surface area contributed by atoms with Crippen molar-refractivity contribution in [3.8, 4) is 0 Å². The molecule has 3 heterocycles. The lowest BCUT2D eigenvalue weighted by Gasteiger charge is -2.15. The number of rotatable bonds is 8. The Hall–Kier alpha value is -3.91. The summed E-state index contributed by atoms with van der Waals surface area (Å²) >= 11 is 5.96. The van der Waals surface area contributed by atoms with Crippen molar-refractivity contribution in [3.63, 3.8) is 0 Å². The highest BCUT2D eigenvalue weighted by Gasteiger charge is 2.31. The van der Waals surface area contributed by atoms with Gasteiger partial charge in [0.25, 0.3) is 5.91 Å². The molecule has 2 aromatic carbocycles. The van der Waals surface area contributed by atoms with E-state index in [1.807, 2.05) is 36.1 Å². The number of fused-ring (bicyclic) bond motifs is 1. The number of carbonyl (C=O) groups excluding carboxylic acids is 2. The van der Waals surface area contributed by atoms with Crippen LogP contribution in [0.4, 0.5) is 11.5 Å². The lowest BCUT2D eigenvalue weighted by atomic mass is 10.0. The number of likely N-dealkylation sites (N-methyl/N-ethyl adjacent to an activating group) is 1. The fourth-order valence-corrected chi connectivity index (χ4v) is 4.59. The average Bonchev–Trinajstić information content (AvgIpc) is 3.49. The molecule has 5 rings (SSSR count). The molecule has 1 unspecified atom stereocenters. The number of anilines is 2. The van der Waals surface area contributed by atoms with Gasteiger partial charge in [-0.15, -0.1) is 0 Å². The molecule has 0 radical (unpaired) electrons. The molecule has 2 aromatic heterocycles. The Kier molecular flexibility index (Phi) is 6.86. The van der Waals surface area contributed by atoms with Crippen molar-refractivity contribution in [1.82, 2.24) is 19.5 Å². The van der Waals surface area contributed by atoms with Gasteiger partial charge in [-0.1, -0.05) is 41.9 Å². The summed E-state index contributed by atoms with van der Waals surface area (Å²) in [7, 11) is 0. The standard InChI is InChI=1S/C27H27ClN6O2/c1-2-33-17-19(14-25(33)35)23-15-24(29-13-12-18-6-4-3-5-7-18)34-26(32-23)22(16-30-34)27(36)31-21-10-8-20(28)9-11-21/h3-11,15-16,19,29H,2,12-14,17H2,1H3,(H,31,36). The average molecular weight is 503 g/mol. The van der Waals surface area contributed by atoms with Crippen LogP contribution in [0, 0.1) is 0 Å². The van der Waals surface area contributed by atoms with E-state index in [1.165, 1.54) is 11.8 Å². The third-order valence-corrected chi connectivity index (χ3v) is 6.67. The number of carbonyl (C=O) groups is 2. The van der Waals surface area contributed by atoms with Gasteiger partial charge in [0.1, 0.15) is 11.4 Å². The van der Waals surface area contributed by atoms with Crippen LogP contribution in [0.25, 0.3) is 5.65 Å². The zero-order valence-corrected chi connectivity index (χ0v) is 20.7. The van der Waals surface area contributed by atoms with E-state index in [0.29, 0.717) is 48.0 Å². The number of halogens is 1. The maximum absolute atomic E-state index is 13.1. The summed E-state index contributed by atoms with van der Waals surface area (Å²) in [6, 6.07) is 19.1. The third-order valence-electron chi connectivity index (χ3n) is 6.42. The minimum Gasteiger partial charge on any atom is -0.370 e. The van der Waals surface area contributed by atoms with E-state index < -0.39 is 0 Å². The largest absolute Gasteiger partial charge is 0.370 e. The number of amides is 2. The zero-order chi connectivity index (χ0) is 25.1. The monoisotopic (exact) mass is 502 g/mol. The minimum absolute atomic E-state index is 0.0424. The Labute approximate surface area is 214 Å². The smallest absolute Gasteiger partial charge is 0.261 e. The molecule has 1 aliphatic rings. The molecule has 1 fully saturated rings. The lowest BCUT2D eigenvalue weighted by Crippen LogP contribution is -2.24. The zero-order valence-electron chi connectivity index (χ0n) is 19.9. The van der Waals surface area contributed by atoms with Crippen molar-refractivity contribution < 1.29 is 9.59 Å². The van der Waals surface area contributed by atoms with Gasteiger partial charge in [-0.2, -0.15) is 9.61 Å². The molecule has 0 saturated carbocycles. The molecule has 36 heavy (non-hydrogen) atoms. The number of hydrogen-bond acceptors (Lipinski definition) is 5. The van der Waals surface area contributed by atoms with Gasteiger partial charge < -0.3 is 15.5 Å². The van der Waals surface area contributed by atoms with Gasteiger partial charge in [-0.05, 0) is 43.2 Å². The normalized spacial score (nSPS) is 15.4. The number of likely N-dealkylation sites (tertiary alicyclic amines) is 1. The van der Waals surface area contributed by atoms with Gasteiger partial charge in [0.05, 0.1) is 11.9 Å². The predicted octanol–water partition coefficient (Wildman–Crippen LogP) is 4.63. The molecule has 2 N–H and O–H groups in total. The first-order valence-corrected chi connectivity index (χ1v) is 12.4. The summed E-state index contributed by atoms with van der Waals surface area (Å²) in [6.07, 6.45) is 2.76. The van der Waals surface area contributed by atoms with Crippen molar-refractivity contribution in [2.75, 3.05) is 30.3 Å². The molecule has 1 atom stereocenters. The van der Waals surface area contributed by atoms with Crippen molar-refractivity contribution in [2.45, 2.75) is 25.7 Å². The molecular formula is C27H27ClN6O2. The highest BCUT2D eigenvalue weighted by molar-refractivity contribution is 6.30. The van der Waals surface area contributed by atoms with Crippen LogP contribution in [-0.4, -0.2) is 50.9 Å². The van der Waals surface area contributed by atoms with Crippen LogP contribution < -0.4 is 10.6 Å². The maximum Gasteiger partial charge on any atom is 0.261 e. The van der Waals surface area contributed by atoms with Gasteiger partial charge >= 0.3 is 0 Å². The van der Waals surface area contributed by atoms with E-state index in [9.17, 15) is 9.59 Å². The van der Waals surface area contributed by atoms with Crippen LogP contribution in [0.3, 0.4) is 0 Å². The van der Waals surface area contributed by atoms with E-state index in [1.54, 1.807) is 28.8 Å². The van der Waals surface area contributed by atoms with E-state index in [-0.39, 0.29) is 17.7 Å². The van der Waals surface area contributed by atoms with Gasteiger partial charge in [0, 0.05) is 48.7 Å². The first-order valence-electron chi connectivity index (χ1n) is 12.0. The predicted molar refractivity (Wildman–Crippen MR) is 141 cm³/mol. The van der Waals surface area contributed by atoms with E-state index in [4.69, 9.17) is 16.6 Å². The maximum atomic E-state index is 13.1. The summed E-state index contributed by atoms with van der Waals surface area (Å²) in [4.78, 5) is 32.2. The Balaban J connectivity index is 1.46. The van der Waals surface area contributed by atoms with Crippen LogP contribution in [0.15, 0.2) is 66.9 Å². The second-order valence-electron chi connectivity index (χ2n) is 8.82. The fourth-order valence-electron chi connectivity index (χ4n) is 4.46. The number of hydrogen-bond donors (Lipinski definition) is 2. The SMILES string of the molecule is CCN1CC(c2cc(NCCc3ccccc3)n3ncc(C(=O)Nc4ccc(Cl)cc4)c3n2)CC1=O. The molecule has 8 nitrogen and oxygen atoms in total. The van der Waals surface area contributed by atoms with Crippen molar-refractivity contribution >= 4 is 40.6 Å². The van der Waals surface area contributed by atoms with Gasteiger partial charge in [-0.3, -0.25) is 9.59 Å². The lowest BCUT2D eigenvalue weighted by molar-refractivity contribution is -0.127. The van der Waals surface area contributed by atoms with Crippen LogP contribution in [0.5, 0.6) is 0 Å². The fraction of sp³-hybridized carbons (Fsp3) is 0.259. The number of nitrogens with zero attached hydrogens (tertiary/aromatic N) is 4.